The van der Waals surface area contributed by atoms with Gasteiger partial charge in [0.05, 0.1) is 0 Å². The molecule has 2 aromatic rings. The van der Waals surface area contributed by atoms with Crippen LogP contribution in [-0.2, 0) is 0 Å². The van der Waals surface area contributed by atoms with Crippen LogP contribution in [0.1, 0.15) is 31.8 Å². The van der Waals surface area contributed by atoms with Crippen molar-refractivity contribution in [2.45, 2.75) is 13.8 Å². The van der Waals surface area contributed by atoms with Crippen molar-refractivity contribution in [2.24, 2.45) is 5.73 Å². The highest BCUT2D eigenvalue weighted by atomic mass is 16.5. The number of para-hydroxylation sites is 1. The molecular weight excluding hydrogens is 270 g/mol. The second-order valence-corrected chi connectivity index (χ2v) is 4.71. The molecule has 108 valence electrons. The van der Waals surface area contributed by atoms with Gasteiger partial charge >= 0.3 is 5.97 Å². The Labute approximate surface area is 122 Å². The Hall–Kier alpha value is -2.82. The Balaban J connectivity index is 2.46. The van der Waals surface area contributed by atoms with Crippen molar-refractivity contribution >= 4 is 11.9 Å². The molecule has 0 spiro atoms. The third kappa shape index (κ3) is 3.02. The van der Waals surface area contributed by atoms with E-state index in [4.69, 9.17) is 15.6 Å². The lowest BCUT2D eigenvalue weighted by atomic mass is 10.1. The first kappa shape index (κ1) is 14.6. The number of hydrogen-bond acceptors (Lipinski definition) is 3. The zero-order chi connectivity index (χ0) is 15.6. The Morgan fingerprint density at radius 2 is 1.67 bits per heavy atom. The van der Waals surface area contributed by atoms with Gasteiger partial charge in [0, 0.05) is 5.56 Å². The van der Waals surface area contributed by atoms with Crippen LogP contribution >= 0.6 is 0 Å². The number of aryl methyl sites for hydroxylation is 2. The van der Waals surface area contributed by atoms with Gasteiger partial charge in [-0.1, -0.05) is 12.1 Å². The lowest BCUT2D eigenvalue weighted by molar-refractivity contribution is 0.0694. The van der Waals surface area contributed by atoms with Gasteiger partial charge in [-0.3, -0.25) is 4.79 Å². The predicted molar refractivity (Wildman–Crippen MR) is 77.9 cm³/mol. The molecule has 0 saturated carbocycles. The summed E-state index contributed by atoms with van der Waals surface area (Å²) in [5.41, 5.74) is 7.16. The Morgan fingerprint density at radius 1 is 1.10 bits per heavy atom. The van der Waals surface area contributed by atoms with Crippen molar-refractivity contribution in [3.63, 3.8) is 0 Å². The van der Waals surface area contributed by atoms with Gasteiger partial charge < -0.3 is 15.6 Å². The number of carbonyl (C=O) groups is 2. The van der Waals surface area contributed by atoms with Crippen molar-refractivity contribution < 1.29 is 19.4 Å². The molecule has 0 bridgehead atoms. The highest BCUT2D eigenvalue weighted by molar-refractivity contribution is 5.93. The fraction of sp³-hybridized carbons (Fsp3) is 0.125. The van der Waals surface area contributed by atoms with E-state index < -0.39 is 11.9 Å². The van der Waals surface area contributed by atoms with Gasteiger partial charge in [-0.05, 0) is 49.2 Å². The van der Waals surface area contributed by atoms with Crippen LogP contribution < -0.4 is 10.5 Å². The van der Waals surface area contributed by atoms with Gasteiger partial charge in [0.1, 0.15) is 17.1 Å². The van der Waals surface area contributed by atoms with E-state index >= 15 is 0 Å². The molecule has 5 nitrogen and oxygen atoms in total. The lowest BCUT2D eigenvalue weighted by Gasteiger charge is -2.14. The fourth-order valence-corrected chi connectivity index (χ4v) is 2.10. The average Bonchev–Trinajstić information content (AvgIpc) is 2.42. The van der Waals surface area contributed by atoms with Gasteiger partial charge in [-0.25, -0.2) is 4.79 Å². The number of carboxylic acids is 1. The number of rotatable bonds is 4. The van der Waals surface area contributed by atoms with Crippen LogP contribution in [-0.4, -0.2) is 17.0 Å². The third-order valence-electron chi connectivity index (χ3n) is 3.07. The number of amides is 1. The molecule has 0 aliphatic heterocycles. The maximum absolute atomic E-state index is 11.2. The number of ether oxygens (including phenoxy) is 1. The largest absolute Gasteiger partial charge is 0.478 e. The van der Waals surface area contributed by atoms with Crippen LogP contribution in [0.4, 0.5) is 0 Å². The van der Waals surface area contributed by atoms with Crippen molar-refractivity contribution in [1.29, 1.82) is 0 Å². The van der Waals surface area contributed by atoms with Crippen molar-refractivity contribution in [3.05, 3.63) is 58.7 Å². The van der Waals surface area contributed by atoms with Gasteiger partial charge in [0.25, 0.3) is 0 Å². The number of aromatic carboxylic acids is 1. The summed E-state index contributed by atoms with van der Waals surface area (Å²) in [5, 5.41) is 9.16. The van der Waals surface area contributed by atoms with Gasteiger partial charge in [-0.15, -0.1) is 0 Å². The standard InChI is InChI=1S/C16H15NO4/c1-9-7-11(15(17)18)8-10(2)14(9)21-13-6-4-3-5-12(13)16(19)20/h3-8H,1-2H3,(H2,17,18)(H,19,20). The number of nitrogens with two attached hydrogens (primary N) is 1. The zero-order valence-electron chi connectivity index (χ0n) is 11.7. The maximum atomic E-state index is 11.2. The quantitative estimate of drug-likeness (QED) is 0.903. The summed E-state index contributed by atoms with van der Waals surface area (Å²) in [6.07, 6.45) is 0. The summed E-state index contributed by atoms with van der Waals surface area (Å²) in [6, 6.07) is 9.63. The minimum atomic E-state index is -1.06. The predicted octanol–water partition coefficient (Wildman–Crippen LogP) is 2.89. The van der Waals surface area contributed by atoms with E-state index in [1.54, 1.807) is 44.2 Å². The number of benzene rings is 2. The molecule has 5 heteroatoms. The fourth-order valence-electron chi connectivity index (χ4n) is 2.10. The molecule has 1 amide bonds. The number of carboxylic acid groups (broad SMARTS) is 1. The maximum Gasteiger partial charge on any atom is 0.339 e. The van der Waals surface area contributed by atoms with Crippen LogP contribution in [0, 0.1) is 13.8 Å². The molecule has 0 aromatic heterocycles. The second kappa shape index (κ2) is 5.66. The normalized spacial score (nSPS) is 10.2. The highest BCUT2D eigenvalue weighted by Crippen LogP contribution is 2.31. The smallest absolute Gasteiger partial charge is 0.339 e. The van der Waals surface area contributed by atoms with E-state index in [0.717, 1.165) is 0 Å². The summed E-state index contributed by atoms with van der Waals surface area (Å²) in [5.74, 6) is -0.801. The molecule has 0 unspecified atom stereocenters. The van der Waals surface area contributed by atoms with Crippen molar-refractivity contribution in [3.8, 4) is 11.5 Å². The van der Waals surface area contributed by atoms with Gasteiger partial charge in [-0.2, -0.15) is 0 Å². The SMILES string of the molecule is Cc1cc(C(N)=O)cc(C)c1Oc1ccccc1C(=O)O. The summed E-state index contributed by atoms with van der Waals surface area (Å²) in [4.78, 5) is 22.4. The highest BCUT2D eigenvalue weighted by Gasteiger charge is 2.15. The molecule has 2 aromatic carbocycles. The van der Waals surface area contributed by atoms with E-state index in [1.165, 1.54) is 6.07 Å². The third-order valence-corrected chi connectivity index (χ3v) is 3.07. The first-order valence-electron chi connectivity index (χ1n) is 6.31. The molecule has 21 heavy (non-hydrogen) atoms. The van der Waals surface area contributed by atoms with Crippen LogP contribution in [0.25, 0.3) is 0 Å². The Kier molecular flexibility index (Phi) is 3.93. The van der Waals surface area contributed by atoms with Crippen LogP contribution in [0.2, 0.25) is 0 Å². The molecule has 0 radical (unpaired) electrons. The number of primary amides is 1. The Morgan fingerprint density at radius 3 is 2.19 bits per heavy atom. The molecule has 0 heterocycles. The molecule has 0 aliphatic carbocycles. The minimum absolute atomic E-state index is 0.0790. The summed E-state index contributed by atoms with van der Waals surface area (Å²) in [6.45, 7) is 3.55. The van der Waals surface area contributed by atoms with Crippen molar-refractivity contribution in [2.75, 3.05) is 0 Å². The Bertz CT molecular complexity index is 699. The van der Waals surface area contributed by atoms with Crippen LogP contribution in [0.15, 0.2) is 36.4 Å². The molecule has 0 aliphatic rings. The zero-order valence-corrected chi connectivity index (χ0v) is 11.7. The van der Waals surface area contributed by atoms with Crippen molar-refractivity contribution in [1.82, 2.24) is 0 Å². The molecule has 0 fully saturated rings. The second-order valence-electron chi connectivity index (χ2n) is 4.71. The van der Waals surface area contributed by atoms with E-state index in [2.05, 4.69) is 0 Å². The lowest BCUT2D eigenvalue weighted by Crippen LogP contribution is -2.11. The summed E-state index contributed by atoms with van der Waals surface area (Å²) >= 11 is 0. The minimum Gasteiger partial charge on any atom is -0.478 e. The van der Waals surface area contributed by atoms with E-state index in [9.17, 15) is 9.59 Å². The summed E-state index contributed by atoms with van der Waals surface area (Å²) in [7, 11) is 0. The first-order chi connectivity index (χ1) is 9.90. The number of carbonyl (C=O) groups excluding carboxylic acids is 1. The molecular formula is C16H15NO4. The average molecular weight is 285 g/mol. The van der Waals surface area contributed by atoms with E-state index in [-0.39, 0.29) is 11.3 Å². The number of hydrogen-bond donors (Lipinski definition) is 2. The van der Waals surface area contributed by atoms with Crippen LogP contribution in [0.3, 0.4) is 0 Å². The monoisotopic (exact) mass is 285 g/mol. The summed E-state index contributed by atoms with van der Waals surface area (Å²) < 4.78 is 5.73. The topological polar surface area (TPSA) is 89.6 Å². The molecule has 0 atom stereocenters. The van der Waals surface area contributed by atoms with E-state index in [0.29, 0.717) is 22.4 Å². The molecule has 3 N–H and O–H groups in total. The molecule has 0 saturated heterocycles. The van der Waals surface area contributed by atoms with Crippen LogP contribution in [0.5, 0.6) is 11.5 Å². The molecule has 2 rings (SSSR count). The van der Waals surface area contributed by atoms with Gasteiger partial charge in [0.2, 0.25) is 5.91 Å². The first-order valence-corrected chi connectivity index (χ1v) is 6.31. The van der Waals surface area contributed by atoms with E-state index in [1.807, 2.05) is 0 Å². The van der Waals surface area contributed by atoms with Gasteiger partial charge in [0.15, 0.2) is 0 Å².